The number of carbonyl (C=O) groups is 1. The van der Waals surface area contributed by atoms with Gasteiger partial charge in [0.15, 0.2) is 0 Å². The second-order valence-corrected chi connectivity index (χ2v) is 7.74. The van der Waals surface area contributed by atoms with E-state index >= 15 is 0 Å². The number of rotatable bonds is 3. The molecule has 0 bridgehead atoms. The number of ether oxygens (including phenoxy) is 1. The minimum Gasteiger partial charge on any atom is -0.497 e. The van der Waals surface area contributed by atoms with Crippen molar-refractivity contribution in [2.45, 2.75) is 38.7 Å². The predicted octanol–water partition coefficient (Wildman–Crippen LogP) is 3.58. The van der Waals surface area contributed by atoms with Crippen molar-refractivity contribution in [1.29, 1.82) is 5.26 Å². The van der Waals surface area contributed by atoms with E-state index in [9.17, 15) is 15.2 Å². The molecule has 1 aromatic heterocycles. The molecule has 0 spiro atoms. The first-order valence-electron chi connectivity index (χ1n) is 8.73. The molecule has 2 aromatic rings. The molecule has 27 heavy (non-hydrogen) atoms. The lowest BCUT2D eigenvalue weighted by molar-refractivity contribution is -0.130. The van der Waals surface area contributed by atoms with Crippen LogP contribution in [0.2, 0.25) is 0 Å². The largest absolute Gasteiger partial charge is 0.497 e. The van der Waals surface area contributed by atoms with Gasteiger partial charge in [0.05, 0.1) is 24.2 Å². The lowest BCUT2D eigenvalue weighted by atomic mass is 9.62. The average molecular weight is 382 g/mol. The maximum atomic E-state index is 12.6. The zero-order valence-electron chi connectivity index (χ0n) is 15.8. The first kappa shape index (κ1) is 19.3. The fraction of sp³-hybridized carbons (Fsp3) is 0.381. The number of fused-ring (bicyclic) bond motifs is 1. The normalized spacial score (nSPS) is 24.0. The number of ketones is 1. The summed E-state index contributed by atoms with van der Waals surface area (Å²) in [7, 11) is 1.59. The number of hydrogen-bond donors (Lipinski definition) is 2. The summed E-state index contributed by atoms with van der Waals surface area (Å²) in [6, 6.07) is 9.66. The number of pyridine rings is 1. The number of Topliss-reactive ketones (excluding diaryl/α,β-unsaturated/α-hetero) is 1. The van der Waals surface area contributed by atoms with Crippen LogP contribution in [0.25, 0.3) is 0 Å². The number of methoxy groups -OCH3 is 1. The van der Waals surface area contributed by atoms with Gasteiger partial charge in [0.25, 0.3) is 0 Å². The quantitative estimate of drug-likeness (QED) is 0.793. The van der Waals surface area contributed by atoms with E-state index in [4.69, 9.17) is 17.0 Å². The summed E-state index contributed by atoms with van der Waals surface area (Å²) in [6.45, 7) is 5.05. The van der Waals surface area contributed by atoms with Gasteiger partial charge >= 0.3 is 0 Å². The van der Waals surface area contributed by atoms with Crippen molar-refractivity contribution < 1.29 is 14.6 Å². The highest BCUT2D eigenvalue weighted by atomic mass is 32.1. The Bertz CT molecular complexity index is 1020. The van der Waals surface area contributed by atoms with Crippen molar-refractivity contribution in [1.82, 2.24) is 4.98 Å². The zero-order chi connectivity index (χ0) is 19.9. The number of aliphatic hydroxyl groups is 1. The van der Waals surface area contributed by atoms with E-state index in [-0.39, 0.29) is 12.2 Å². The molecule has 140 valence electrons. The summed E-state index contributed by atoms with van der Waals surface area (Å²) in [5.74, 6) is -0.482. The molecule has 0 radical (unpaired) electrons. The van der Waals surface area contributed by atoms with Gasteiger partial charge in [0, 0.05) is 18.0 Å². The molecule has 2 N–H and O–H groups in total. The Labute approximate surface area is 163 Å². The summed E-state index contributed by atoms with van der Waals surface area (Å²) in [4.78, 5) is 15.7. The van der Waals surface area contributed by atoms with Gasteiger partial charge in [-0.15, -0.1) is 0 Å². The highest BCUT2D eigenvalue weighted by molar-refractivity contribution is 7.71. The van der Waals surface area contributed by atoms with Gasteiger partial charge in [0.1, 0.15) is 22.2 Å². The molecule has 0 saturated heterocycles. The third-order valence-corrected chi connectivity index (χ3v) is 5.72. The summed E-state index contributed by atoms with van der Waals surface area (Å²) in [5, 5.41) is 20.9. The number of nitrogens with one attached hydrogen (secondary N) is 1. The van der Waals surface area contributed by atoms with E-state index in [1.54, 1.807) is 14.0 Å². The summed E-state index contributed by atoms with van der Waals surface area (Å²) in [6.07, 6.45) is 0.203. The van der Waals surface area contributed by atoms with E-state index in [1.807, 2.05) is 31.2 Å². The van der Waals surface area contributed by atoms with E-state index < -0.39 is 17.4 Å². The van der Waals surface area contributed by atoms with E-state index in [0.717, 1.165) is 16.8 Å². The zero-order valence-corrected chi connectivity index (χ0v) is 16.6. The van der Waals surface area contributed by atoms with Crippen LogP contribution in [0.1, 0.15) is 47.7 Å². The monoisotopic (exact) mass is 382 g/mol. The van der Waals surface area contributed by atoms with Gasteiger partial charge in [-0.2, -0.15) is 5.26 Å². The van der Waals surface area contributed by atoms with Crippen molar-refractivity contribution in [2.75, 3.05) is 7.11 Å². The molecule has 3 atom stereocenters. The summed E-state index contributed by atoms with van der Waals surface area (Å²) >= 11 is 5.33. The number of aromatic nitrogens is 1. The maximum absolute atomic E-state index is 12.6. The van der Waals surface area contributed by atoms with Gasteiger partial charge in [-0.1, -0.05) is 24.4 Å². The fourth-order valence-electron chi connectivity index (χ4n) is 4.38. The molecule has 0 saturated carbocycles. The minimum absolute atomic E-state index is 0.0983. The smallest absolute Gasteiger partial charge is 0.136 e. The lowest BCUT2D eigenvalue weighted by Crippen LogP contribution is -2.48. The van der Waals surface area contributed by atoms with Crippen LogP contribution in [-0.4, -0.2) is 28.6 Å². The van der Waals surface area contributed by atoms with E-state index in [0.29, 0.717) is 21.5 Å². The summed E-state index contributed by atoms with van der Waals surface area (Å²) in [5.41, 5.74) is 2.31. The number of benzene rings is 1. The number of H-pyrrole nitrogens is 1. The van der Waals surface area contributed by atoms with Crippen LogP contribution < -0.4 is 4.74 Å². The molecular weight excluding hydrogens is 360 g/mol. The number of nitriles is 1. The second kappa shape index (κ2) is 6.91. The average Bonchev–Trinajstić information content (AvgIpc) is 2.59. The molecule has 3 rings (SSSR count). The van der Waals surface area contributed by atoms with Gasteiger partial charge in [-0.3, -0.25) is 4.79 Å². The Kier molecular flexibility index (Phi) is 4.94. The molecule has 1 aliphatic carbocycles. The molecule has 1 heterocycles. The van der Waals surface area contributed by atoms with Crippen LogP contribution in [0.5, 0.6) is 5.75 Å². The number of hydrogen-bond acceptors (Lipinski definition) is 5. The Hall–Kier alpha value is -2.49. The van der Waals surface area contributed by atoms with E-state index in [1.165, 1.54) is 6.92 Å². The van der Waals surface area contributed by atoms with Crippen LogP contribution in [0, 0.1) is 28.8 Å². The van der Waals surface area contributed by atoms with Crippen LogP contribution in [-0.2, 0) is 11.2 Å². The Morgan fingerprint density at radius 2 is 2.19 bits per heavy atom. The predicted molar refractivity (Wildman–Crippen MR) is 104 cm³/mol. The van der Waals surface area contributed by atoms with Crippen LogP contribution in [0.15, 0.2) is 24.3 Å². The first-order chi connectivity index (χ1) is 12.7. The van der Waals surface area contributed by atoms with Gasteiger partial charge < -0.3 is 14.8 Å². The SMILES string of the molecule is COc1cccc([C@@H]2c3c(C)[nH]c(=S)c(C#N)c3C[C@@](C)(O)[C@@H]2C(C)=O)c1. The van der Waals surface area contributed by atoms with Gasteiger partial charge in [0.2, 0.25) is 0 Å². The molecule has 5 nitrogen and oxygen atoms in total. The third-order valence-electron chi connectivity index (χ3n) is 5.41. The van der Waals surface area contributed by atoms with Crippen LogP contribution >= 0.6 is 12.2 Å². The van der Waals surface area contributed by atoms with Crippen molar-refractivity contribution >= 4 is 18.0 Å². The first-order valence-corrected chi connectivity index (χ1v) is 9.14. The minimum atomic E-state index is -1.30. The Balaban J connectivity index is 2.40. The van der Waals surface area contributed by atoms with Crippen molar-refractivity contribution in [3.05, 3.63) is 56.9 Å². The Morgan fingerprint density at radius 3 is 2.78 bits per heavy atom. The molecule has 1 aromatic carbocycles. The second-order valence-electron chi connectivity index (χ2n) is 7.33. The lowest BCUT2D eigenvalue weighted by Gasteiger charge is -2.43. The topological polar surface area (TPSA) is 86.1 Å². The van der Waals surface area contributed by atoms with Crippen molar-refractivity contribution in [2.24, 2.45) is 5.92 Å². The third kappa shape index (κ3) is 3.18. The molecule has 0 aliphatic heterocycles. The van der Waals surface area contributed by atoms with Gasteiger partial charge in [-0.25, -0.2) is 0 Å². The highest BCUT2D eigenvalue weighted by Crippen LogP contribution is 2.48. The van der Waals surface area contributed by atoms with Crippen LogP contribution in [0.4, 0.5) is 0 Å². The molecule has 0 unspecified atom stereocenters. The number of nitrogens with zero attached hydrogens (tertiary/aromatic N) is 1. The molecule has 6 heteroatoms. The molecule has 0 fully saturated rings. The Morgan fingerprint density at radius 1 is 1.48 bits per heavy atom. The highest BCUT2D eigenvalue weighted by Gasteiger charge is 2.48. The summed E-state index contributed by atoms with van der Waals surface area (Å²) < 4.78 is 5.71. The molecular formula is C21H22N2O3S. The van der Waals surface area contributed by atoms with Crippen molar-refractivity contribution in [3.63, 3.8) is 0 Å². The number of aryl methyl sites for hydroxylation is 1. The number of carbonyl (C=O) groups excluding carboxylic acids is 1. The van der Waals surface area contributed by atoms with Crippen molar-refractivity contribution in [3.8, 4) is 11.8 Å². The molecule has 0 amide bonds. The molecule has 1 aliphatic rings. The standard InChI is InChI=1S/C21H22N2O3S/c1-11-17-15(16(10-22)20(27)23-11)9-21(3,25)19(12(2)24)18(17)13-6-5-7-14(8-13)26-4/h5-8,18-19,25H,9H2,1-4H3,(H,23,27)/t18-,19-,21-/m1/s1. The maximum Gasteiger partial charge on any atom is 0.136 e. The number of aromatic amines is 1. The van der Waals surface area contributed by atoms with E-state index in [2.05, 4.69) is 11.1 Å². The van der Waals surface area contributed by atoms with Gasteiger partial charge in [-0.05, 0) is 49.6 Å². The fourth-order valence-corrected chi connectivity index (χ4v) is 4.70. The van der Waals surface area contributed by atoms with Crippen LogP contribution in [0.3, 0.4) is 0 Å².